The van der Waals surface area contributed by atoms with Gasteiger partial charge in [-0.1, -0.05) is 12.1 Å². The fourth-order valence-electron chi connectivity index (χ4n) is 1.11. The van der Waals surface area contributed by atoms with Crippen LogP contribution in [-0.2, 0) is 0 Å². The van der Waals surface area contributed by atoms with Gasteiger partial charge in [0.25, 0.3) is 5.82 Å². The minimum atomic E-state index is -1.25. The molecule has 0 spiro atoms. The van der Waals surface area contributed by atoms with E-state index in [1.54, 1.807) is 6.07 Å². The van der Waals surface area contributed by atoms with Crippen molar-refractivity contribution in [1.29, 1.82) is 0 Å². The molecule has 0 unspecified atom stereocenters. The lowest BCUT2D eigenvalue weighted by atomic mass is 10.3. The van der Waals surface area contributed by atoms with E-state index in [2.05, 4.69) is 10.1 Å². The van der Waals surface area contributed by atoms with Crippen molar-refractivity contribution in [2.45, 2.75) is 0 Å². The average Bonchev–Trinajstić information content (AvgIpc) is 2.67. The third-order valence-electron chi connectivity index (χ3n) is 1.78. The lowest BCUT2D eigenvalue weighted by Gasteiger charge is -1.99. The van der Waals surface area contributed by atoms with Crippen LogP contribution in [-0.4, -0.2) is 25.8 Å². The number of carbonyl (C=O) groups is 1. The number of aromatic carboxylic acids is 1. The maximum absolute atomic E-state index is 13.2. The number of benzene rings is 1. The Hall–Kier alpha value is -2.24. The smallest absolute Gasteiger partial charge is 0.375 e. The Morgan fingerprint density at radius 1 is 1.40 bits per heavy atom. The predicted octanol–water partition coefficient (Wildman–Crippen LogP) is 1.10. The number of halogens is 1. The van der Waals surface area contributed by atoms with Crippen molar-refractivity contribution < 1.29 is 14.3 Å². The highest BCUT2D eigenvalue weighted by molar-refractivity contribution is 5.82. The normalized spacial score (nSPS) is 10.2. The Kier molecular flexibility index (Phi) is 2.17. The number of hydrogen-bond acceptors (Lipinski definition) is 3. The molecule has 0 aliphatic carbocycles. The van der Waals surface area contributed by atoms with Gasteiger partial charge in [-0.15, -0.1) is 5.10 Å². The molecule has 1 N–H and O–H groups in total. The molecule has 2 rings (SSSR count). The van der Waals surface area contributed by atoms with Crippen LogP contribution in [0.25, 0.3) is 5.69 Å². The van der Waals surface area contributed by atoms with Crippen molar-refractivity contribution in [3.8, 4) is 5.69 Å². The van der Waals surface area contributed by atoms with Crippen LogP contribution in [0.3, 0.4) is 0 Å². The van der Waals surface area contributed by atoms with Crippen LogP contribution in [0.15, 0.2) is 30.6 Å². The Labute approximate surface area is 83.8 Å². The van der Waals surface area contributed by atoms with Crippen molar-refractivity contribution in [2.24, 2.45) is 0 Å². The summed E-state index contributed by atoms with van der Waals surface area (Å²) in [6.45, 7) is 0. The van der Waals surface area contributed by atoms with E-state index in [0.717, 1.165) is 11.0 Å². The number of rotatable bonds is 2. The molecule has 5 nitrogen and oxygen atoms in total. The van der Waals surface area contributed by atoms with E-state index < -0.39 is 11.8 Å². The van der Waals surface area contributed by atoms with Gasteiger partial charge in [-0.05, 0) is 12.1 Å². The van der Waals surface area contributed by atoms with Crippen molar-refractivity contribution in [1.82, 2.24) is 14.8 Å². The number of hydrogen-bond donors (Lipinski definition) is 1. The molecule has 0 amide bonds. The molecule has 0 saturated carbocycles. The number of aromatic nitrogens is 3. The fourth-order valence-corrected chi connectivity index (χ4v) is 1.11. The van der Waals surface area contributed by atoms with E-state index in [1.165, 1.54) is 18.2 Å². The first-order chi connectivity index (χ1) is 7.18. The Morgan fingerprint density at radius 2 is 2.13 bits per heavy atom. The second kappa shape index (κ2) is 3.49. The summed E-state index contributed by atoms with van der Waals surface area (Å²) in [6, 6.07) is 5.90. The minimum Gasteiger partial charge on any atom is -0.475 e. The highest BCUT2D eigenvalue weighted by atomic mass is 19.1. The topological polar surface area (TPSA) is 68.0 Å². The summed E-state index contributed by atoms with van der Waals surface area (Å²) in [4.78, 5) is 14.0. The molecule has 0 aliphatic heterocycles. The molecule has 1 heterocycles. The summed E-state index contributed by atoms with van der Waals surface area (Å²) in [7, 11) is 0. The quantitative estimate of drug-likeness (QED) is 0.800. The fraction of sp³-hybridized carbons (Fsp3) is 0. The molecule has 0 bridgehead atoms. The van der Waals surface area contributed by atoms with E-state index in [-0.39, 0.29) is 11.5 Å². The molecule has 15 heavy (non-hydrogen) atoms. The van der Waals surface area contributed by atoms with Crippen LogP contribution in [0, 0.1) is 5.82 Å². The van der Waals surface area contributed by atoms with Crippen molar-refractivity contribution in [3.63, 3.8) is 0 Å². The second-order valence-corrected chi connectivity index (χ2v) is 2.77. The number of carboxylic acid groups (broad SMARTS) is 1. The highest BCUT2D eigenvalue weighted by Crippen LogP contribution is 2.10. The summed E-state index contributed by atoms with van der Waals surface area (Å²) < 4.78 is 14.3. The summed E-state index contributed by atoms with van der Waals surface area (Å²) in [5, 5.41) is 12.2. The molecule has 2 aromatic rings. The van der Waals surface area contributed by atoms with Gasteiger partial charge in [0.05, 0.1) is 0 Å². The first kappa shape index (κ1) is 9.32. The SMILES string of the molecule is O=C(O)c1ncn(-c2ccccc2F)n1. The molecule has 0 fully saturated rings. The van der Waals surface area contributed by atoms with Crippen LogP contribution >= 0.6 is 0 Å². The standard InChI is InChI=1S/C9H6FN3O2/c10-6-3-1-2-4-7(6)13-5-11-8(12-13)9(14)15/h1-5H,(H,14,15). The van der Waals surface area contributed by atoms with Gasteiger partial charge in [0, 0.05) is 0 Å². The van der Waals surface area contributed by atoms with Crippen molar-refractivity contribution >= 4 is 5.97 Å². The van der Waals surface area contributed by atoms with Gasteiger partial charge < -0.3 is 5.11 Å². The van der Waals surface area contributed by atoms with E-state index in [9.17, 15) is 9.18 Å². The molecule has 76 valence electrons. The first-order valence-electron chi connectivity index (χ1n) is 4.08. The summed E-state index contributed by atoms with van der Waals surface area (Å²) >= 11 is 0. The van der Waals surface area contributed by atoms with E-state index in [0.29, 0.717) is 0 Å². The Morgan fingerprint density at radius 3 is 2.73 bits per heavy atom. The third kappa shape index (κ3) is 1.69. The molecule has 0 radical (unpaired) electrons. The average molecular weight is 207 g/mol. The summed E-state index contributed by atoms with van der Waals surface area (Å²) in [5.41, 5.74) is 0.164. The minimum absolute atomic E-state index is 0.164. The van der Waals surface area contributed by atoms with Crippen LogP contribution in [0.1, 0.15) is 10.6 Å². The molecular formula is C9H6FN3O2. The molecule has 0 saturated heterocycles. The van der Waals surface area contributed by atoms with Gasteiger partial charge in [0.15, 0.2) is 0 Å². The number of para-hydroxylation sites is 1. The van der Waals surface area contributed by atoms with Gasteiger partial charge in [-0.3, -0.25) is 0 Å². The van der Waals surface area contributed by atoms with Gasteiger partial charge in [-0.25, -0.2) is 18.9 Å². The molecule has 1 aromatic carbocycles. The van der Waals surface area contributed by atoms with Crippen LogP contribution in [0.5, 0.6) is 0 Å². The lowest BCUT2D eigenvalue weighted by Crippen LogP contribution is -2.02. The Balaban J connectivity index is 2.46. The zero-order chi connectivity index (χ0) is 10.8. The highest BCUT2D eigenvalue weighted by Gasteiger charge is 2.11. The maximum atomic E-state index is 13.2. The van der Waals surface area contributed by atoms with E-state index in [1.807, 2.05) is 0 Å². The molecular weight excluding hydrogens is 201 g/mol. The van der Waals surface area contributed by atoms with Crippen LogP contribution in [0.2, 0.25) is 0 Å². The summed E-state index contributed by atoms with van der Waals surface area (Å²) in [6.07, 6.45) is 1.15. The maximum Gasteiger partial charge on any atom is 0.375 e. The first-order valence-corrected chi connectivity index (χ1v) is 4.08. The predicted molar refractivity (Wildman–Crippen MR) is 48.3 cm³/mol. The lowest BCUT2D eigenvalue weighted by molar-refractivity contribution is 0.0683. The molecule has 1 aromatic heterocycles. The second-order valence-electron chi connectivity index (χ2n) is 2.77. The van der Waals surface area contributed by atoms with E-state index >= 15 is 0 Å². The van der Waals surface area contributed by atoms with Gasteiger partial charge in [-0.2, -0.15) is 0 Å². The van der Waals surface area contributed by atoms with Gasteiger partial charge in [0.2, 0.25) is 0 Å². The van der Waals surface area contributed by atoms with Crippen molar-refractivity contribution in [3.05, 3.63) is 42.2 Å². The zero-order valence-electron chi connectivity index (χ0n) is 7.46. The monoisotopic (exact) mass is 207 g/mol. The van der Waals surface area contributed by atoms with Gasteiger partial charge in [0.1, 0.15) is 17.8 Å². The third-order valence-corrected chi connectivity index (χ3v) is 1.78. The number of nitrogens with zero attached hydrogens (tertiary/aromatic N) is 3. The largest absolute Gasteiger partial charge is 0.475 e. The molecule has 0 aliphatic rings. The molecule has 6 heteroatoms. The summed E-state index contributed by atoms with van der Waals surface area (Å²) in [5.74, 6) is -2.09. The number of carboxylic acids is 1. The van der Waals surface area contributed by atoms with E-state index in [4.69, 9.17) is 5.11 Å². The zero-order valence-corrected chi connectivity index (χ0v) is 7.46. The molecule has 0 atom stereocenters. The Bertz CT molecular complexity index is 510. The van der Waals surface area contributed by atoms with Gasteiger partial charge >= 0.3 is 5.97 Å². The van der Waals surface area contributed by atoms with Crippen LogP contribution in [0.4, 0.5) is 4.39 Å². The van der Waals surface area contributed by atoms with Crippen molar-refractivity contribution in [2.75, 3.05) is 0 Å². The van der Waals surface area contributed by atoms with Crippen LogP contribution < -0.4 is 0 Å².